The van der Waals surface area contributed by atoms with Crippen LogP contribution in [0.4, 0.5) is 0 Å². The monoisotopic (exact) mass is 427 g/mol. The van der Waals surface area contributed by atoms with Gasteiger partial charge in [0.15, 0.2) is 15.5 Å². The molecule has 1 aromatic carbocycles. The van der Waals surface area contributed by atoms with E-state index in [0.29, 0.717) is 18.7 Å². The lowest BCUT2D eigenvalue weighted by Crippen LogP contribution is -2.25. The molecule has 0 saturated carbocycles. The summed E-state index contributed by atoms with van der Waals surface area (Å²) < 4.78 is 25.8. The average molecular weight is 428 g/mol. The molecule has 0 spiro atoms. The zero-order valence-electron chi connectivity index (χ0n) is 17.4. The number of allylic oxidation sites excluding steroid dienone is 1. The Morgan fingerprint density at radius 3 is 2.70 bits per heavy atom. The summed E-state index contributed by atoms with van der Waals surface area (Å²) in [5.74, 6) is 0.0314. The fourth-order valence-electron chi connectivity index (χ4n) is 4.25. The zero-order valence-corrected chi connectivity index (χ0v) is 18.2. The first-order valence-corrected chi connectivity index (χ1v) is 12.6. The predicted molar refractivity (Wildman–Crippen MR) is 118 cm³/mol. The maximum absolute atomic E-state index is 12.8. The molecular formula is C23H29N3O3S. The van der Waals surface area contributed by atoms with Gasteiger partial charge in [0, 0.05) is 6.54 Å². The third-order valence-electron chi connectivity index (χ3n) is 5.99. The minimum atomic E-state index is -3.05. The van der Waals surface area contributed by atoms with Crippen molar-refractivity contribution in [2.45, 2.75) is 51.5 Å². The topological polar surface area (TPSA) is 81.1 Å². The van der Waals surface area contributed by atoms with Gasteiger partial charge in [-0.05, 0) is 57.1 Å². The molecule has 1 fully saturated rings. The lowest BCUT2D eigenvalue weighted by Gasteiger charge is -2.13. The fraction of sp³-hybridized carbons (Fsp3) is 0.478. The Bertz CT molecular complexity index is 1050. The number of aryl methyl sites for hydroxylation is 1. The van der Waals surface area contributed by atoms with E-state index in [2.05, 4.69) is 16.5 Å². The molecule has 1 atom stereocenters. The fourth-order valence-corrected chi connectivity index (χ4v) is 5.94. The maximum Gasteiger partial charge on any atom is 0.271 e. The van der Waals surface area contributed by atoms with E-state index in [9.17, 15) is 13.2 Å². The highest BCUT2D eigenvalue weighted by Gasteiger charge is 2.32. The van der Waals surface area contributed by atoms with Crippen molar-refractivity contribution in [3.05, 3.63) is 53.2 Å². The number of nitrogens with zero attached hydrogens (tertiary/aromatic N) is 2. The summed E-state index contributed by atoms with van der Waals surface area (Å²) in [5.41, 5.74) is 4.63. The number of nitrogens with one attached hydrogen (secondary N) is 1. The number of hydrogen-bond acceptors (Lipinski definition) is 4. The molecule has 0 bridgehead atoms. The second kappa shape index (κ2) is 8.76. The van der Waals surface area contributed by atoms with E-state index < -0.39 is 9.84 Å². The molecule has 30 heavy (non-hydrogen) atoms. The van der Waals surface area contributed by atoms with E-state index >= 15 is 0 Å². The number of hydrogen-bond donors (Lipinski definition) is 1. The Morgan fingerprint density at radius 2 is 2.03 bits per heavy atom. The van der Waals surface area contributed by atoms with E-state index in [1.54, 1.807) is 10.7 Å². The number of carbonyl (C=O) groups excluding carboxylic acids is 1. The molecule has 1 amide bonds. The molecule has 2 aromatic rings. The zero-order chi connectivity index (χ0) is 21.1. The van der Waals surface area contributed by atoms with Crippen LogP contribution in [0.5, 0.6) is 0 Å². The van der Waals surface area contributed by atoms with Gasteiger partial charge in [-0.1, -0.05) is 41.5 Å². The molecule has 1 saturated heterocycles. The Kier molecular flexibility index (Phi) is 6.09. The third-order valence-corrected chi connectivity index (χ3v) is 7.74. The van der Waals surface area contributed by atoms with Crippen molar-refractivity contribution in [2.24, 2.45) is 0 Å². The van der Waals surface area contributed by atoms with Crippen LogP contribution in [0.3, 0.4) is 0 Å². The quantitative estimate of drug-likeness (QED) is 0.710. The van der Waals surface area contributed by atoms with Gasteiger partial charge in [-0.25, -0.2) is 8.42 Å². The highest BCUT2D eigenvalue weighted by molar-refractivity contribution is 7.91. The first kappa shape index (κ1) is 20.8. The normalized spacial score (nSPS) is 20.7. The predicted octanol–water partition coefficient (Wildman–Crippen LogP) is 3.84. The molecule has 6 nitrogen and oxygen atoms in total. The molecule has 7 heteroatoms. The summed E-state index contributed by atoms with van der Waals surface area (Å²) in [6, 6.07) is 9.55. The first-order chi connectivity index (χ1) is 14.4. The smallest absolute Gasteiger partial charge is 0.271 e. The van der Waals surface area contributed by atoms with Gasteiger partial charge in [0.25, 0.3) is 5.91 Å². The van der Waals surface area contributed by atoms with E-state index in [1.807, 2.05) is 31.2 Å². The average Bonchev–Trinajstić information content (AvgIpc) is 3.33. The van der Waals surface area contributed by atoms with Crippen LogP contribution in [0.25, 0.3) is 11.3 Å². The van der Waals surface area contributed by atoms with Crippen molar-refractivity contribution in [3.8, 4) is 11.3 Å². The van der Waals surface area contributed by atoms with Crippen LogP contribution in [0.1, 0.15) is 60.6 Å². The van der Waals surface area contributed by atoms with Crippen LogP contribution in [0.15, 0.2) is 42.0 Å². The molecule has 0 unspecified atom stereocenters. The Balaban J connectivity index is 1.54. The van der Waals surface area contributed by atoms with Crippen molar-refractivity contribution >= 4 is 15.7 Å². The molecule has 4 rings (SSSR count). The number of rotatable bonds is 6. The molecule has 1 aliphatic heterocycles. The van der Waals surface area contributed by atoms with Crippen molar-refractivity contribution < 1.29 is 13.2 Å². The molecule has 0 radical (unpaired) electrons. The molecule has 1 aliphatic carbocycles. The summed E-state index contributed by atoms with van der Waals surface area (Å²) in [6.07, 6.45) is 8.44. The van der Waals surface area contributed by atoms with Gasteiger partial charge >= 0.3 is 0 Å². The van der Waals surface area contributed by atoms with Gasteiger partial charge in [-0.2, -0.15) is 5.10 Å². The largest absolute Gasteiger partial charge is 0.350 e. The van der Waals surface area contributed by atoms with Gasteiger partial charge in [-0.3, -0.25) is 9.48 Å². The Labute approximate surface area is 178 Å². The van der Waals surface area contributed by atoms with Crippen molar-refractivity contribution in [1.29, 1.82) is 0 Å². The molecule has 1 aromatic heterocycles. The van der Waals surface area contributed by atoms with E-state index in [4.69, 9.17) is 0 Å². The maximum atomic E-state index is 12.8. The van der Waals surface area contributed by atoms with Crippen LogP contribution in [-0.2, 0) is 9.84 Å². The number of sulfone groups is 1. The standard InChI is InChI=1S/C23H29N3O3S/c1-17-7-9-19(10-8-17)22-15-21(25-26(22)20-12-14-30(28,29)16-20)23(27)24-13-11-18-5-3-2-4-6-18/h5,7-10,15,20H,2-4,6,11-14,16H2,1H3,(H,24,27)/t20-/m1/s1. The van der Waals surface area contributed by atoms with Crippen LogP contribution in [0.2, 0.25) is 0 Å². The summed E-state index contributed by atoms with van der Waals surface area (Å²) in [5, 5.41) is 7.53. The van der Waals surface area contributed by atoms with Gasteiger partial charge in [0.2, 0.25) is 0 Å². The van der Waals surface area contributed by atoms with Gasteiger partial charge < -0.3 is 5.32 Å². The lowest BCUT2D eigenvalue weighted by atomic mass is 9.97. The first-order valence-electron chi connectivity index (χ1n) is 10.7. The summed E-state index contributed by atoms with van der Waals surface area (Å²) in [4.78, 5) is 12.8. The lowest BCUT2D eigenvalue weighted by molar-refractivity contribution is 0.0948. The molecule has 2 heterocycles. The van der Waals surface area contributed by atoms with Crippen molar-refractivity contribution in [3.63, 3.8) is 0 Å². The Morgan fingerprint density at radius 1 is 1.23 bits per heavy atom. The van der Waals surface area contributed by atoms with Gasteiger partial charge in [0.05, 0.1) is 23.2 Å². The highest BCUT2D eigenvalue weighted by atomic mass is 32.2. The molecule has 2 aliphatic rings. The number of benzene rings is 1. The van der Waals surface area contributed by atoms with Crippen molar-refractivity contribution in [1.82, 2.24) is 15.1 Å². The van der Waals surface area contributed by atoms with E-state index in [0.717, 1.165) is 36.1 Å². The van der Waals surface area contributed by atoms with E-state index in [1.165, 1.54) is 18.4 Å². The number of amides is 1. The second-order valence-corrected chi connectivity index (χ2v) is 10.6. The summed E-state index contributed by atoms with van der Waals surface area (Å²) in [6.45, 7) is 2.61. The van der Waals surface area contributed by atoms with E-state index in [-0.39, 0.29) is 23.5 Å². The van der Waals surface area contributed by atoms with Crippen molar-refractivity contribution in [2.75, 3.05) is 18.1 Å². The highest BCUT2D eigenvalue weighted by Crippen LogP contribution is 2.30. The third kappa shape index (κ3) is 4.83. The minimum Gasteiger partial charge on any atom is -0.350 e. The number of aromatic nitrogens is 2. The Hall–Kier alpha value is -2.41. The second-order valence-electron chi connectivity index (χ2n) is 8.40. The van der Waals surface area contributed by atoms with Gasteiger partial charge in [-0.15, -0.1) is 0 Å². The van der Waals surface area contributed by atoms with Crippen LogP contribution >= 0.6 is 0 Å². The SMILES string of the molecule is Cc1ccc(-c2cc(C(=O)NCCC3=CCCCC3)nn2[C@@H]2CCS(=O)(=O)C2)cc1. The van der Waals surface area contributed by atoms with Gasteiger partial charge in [0.1, 0.15) is 0 Å². The van der Waals surface area contributed by atoms with Crippen LogP contribution < -0.4 is 5.32 Å². The summed E-state index contributed by atoms with van der Waals surface area (Å²) in [7, 11) is -3.05. The van der Waals surface area contributed by atoms with Crippen LogP contribution in [-0.4, -0.2) is 42.2 Å². The van der Waals surface area contributed by atoms with Crippen LogP contribution in [0, 0.1) is 6.92 Å². The molecule has 1 N–H and O–H groups in total. The molecular weight excluding hydrogens is 398 g/mol. The summed E-state index contributed by atoms with van der Waals surface area (Å²) >= 11 is 0. The number of carbonyl (C=O) groups is 1. The molecule has 160 valence electrons. The minimum absolute atomic E-state index is 0.0722.